The van der Waals surface area contributed by atoms with Crippen LogP contribution in [0.2, 0.25) is 0 Å². The second-order valence-corrected chi connectivity index (χ2v) is 3.97. The van der Waals surface area contributed by atoms with E-state index in [9.17, 15) is 4.79 Å². The van der Waals surface area contributed by atoms with Crippen LogP contribution in [0.3, 0.4) is 0 Å². The largest absolute Gasteiger partial charge is 0.326 e. The third-order valence-electron chi connectivity index (χ3n) is 2.80. The molecule has 2 atom stereocenters. The summed E-state index contributed by atoms with van der Waals surface area (Å²) in [6.07, 6.45) is 3.35. The maximum atomic E-state index is 11.9. The first-order valence-electron chi connectivity index (χ1n) is 5.19. The van der Waals surface area contributed by atoms with Crippen LogP contribution in [0.15, 0.2) is 24.5 Å². The number of carbonyl (C=O) groups excluding carboxylic acids is 1. The lowest BCUT2D eigenvalue weighted by Crippen LogP contribution is -2.27. The van der Waals surface area contributed by atoms with Crippen LogP contribution in [0.4, 0.5) is 5.69 Å². The Hall–Kier alpha value is -1.42. The molecule has 80 valence electrons. The Morgan fingerprint density at radius 2 is 2.20 bits per heavy atom. The highest BCUT2D eigenvalue weighted by Gasteiger charge is 2.29. The van der Waals surface area contributed by atoms with Crippen molar-refractivity contribution in [3.63, 3.8) is 0 Å². The van der Waals surface area contributed by atoms with E-state index in [1.165, 1.54) is 0 Å². The van der Waals surface area contributed by atoms with Gasteiger partial charge in [0.05, 0.1) is 5.92 Å². The Morgan fingerprint density at radius 1 is 1.47 bits per heavy atom. The number of carbonyl (C=O) groups is 1. The Bertz CT molecular complexity index is 339. The topological polar surface area (TPSA) is 54.0 Å². The van der Waals surface area contributed by atoms with Gasteiger partial charge in [-0.1, -0.05) is 6.92 Å². The van der Waals surface area contributed by atoms with E-state index in [0.717, 1.165) is 18.8 Å². The summed E-state index contributed by atoms with van der Waals surface area (Å²) in [5, 5.41) is 6.11. The molecule has 1 saturated heterocycles. The van der Waals surface area contributed by atoms with Crippen molar-refractivity contribution in [1.29, 1.82) is 0 Å². The van der Waals surface area contributed by atoms with Gasteiger partial charge < -0.3 is 10.6 Å². The summed E-state index contributed by atoms with van der Waals surface area (Å²) in [5.74, 6) is 0.587. The molecule has 1 aliphatic rings. The monoisotopic (exact) mass is 205 g/mol. The van der Waals surface area contributed by atoms with E-state index in [4.69, 9.17) is 0 Å². The summed E-state index contributed by atoms with van der Waals surface area (Å²) in [7, 11) is 0. The average Bonchev–Trinajstić information content (AvgIpc) is 2.66. The summed E-state index contributed by atoms with van der Waals surface area (Å²) < 4.78 is 0. The van der Waals surface area contributed by atoms with Gasteiger partial charge in [0.15, 0.2) is 0 Å². The lowest BCUT2D eigenvalue weighted by atomic mass is 9.97. The molecule has 0 aromatic carbocycles. The highest BCUT2D eigenvalue weighted by Crippen LogP contribution is 2.17. The van der Waals surface area contributed by atoms with E-state index >= 15 is 0 Å². The van der Waals surface area contributed by atoms with Crippen LogP contribution in [0.1, 0.15) is 6.92 Å². The van der Waals surface area contributed by atoms with Crippen LogP contribution >= 0.6 is 0 Å². The number of anilines is 1. The van der Waals surface area contributed by atoms with Crippen molar-refractivity contribution in [2.75, 3.05) is 18.4 Å². The second-order valence-electron chi connectivity index (χ2n) is 3.97. The maximum absolute atomic E-state index is 11.9. The van der Waals surface area contributed by atoms with Crippen LogP contribution in [0.25, 0.3) is 0 Å². The van der Waals surface area contributed by atoms with E-state index in [0.29, 0.717) is 5.92 Å². The molecule has 1 aromatic heterocycles. The molecule has 4 nitrogen and oxygen atoms in total. The molecule has 0 aliphatic carbocycles. The molecular weight excluding hydrogens is 190 g/mol. The normalized spacial score (nSPS) is 25.1. The van der Waals surface area contributed by atoms with Gasteiger partial charge in [0.2, 0.25) is 5.91 Å². The van der Waals surface area contributed by atoms with Gasteiger partial charge in [-0.25, -0.2) is 0 Å². The molecule has 1 aromatic rings. The minimum atomic E-state index is 0.0816. The van der Waals surface area contributed by atoms with Crippen molar-refractivity contribution in [2.45, 2.75) is 6.92 Å². The predicted octanol–water partition coefficient (Wildman–Crippen LogP) is 0.876. The molecule has 0 spiro atoms. The lowest BCUT2D eigenvalue weighted by molar-refractivity contribution is -0.120. The van der Waals surface area contributed by atoms with Gasteiger partial charge in [-0.2, -0.15) is 0 Å². The van der Waals surface area contributed by atoms with Crippen molar-refractivity contribution in [1.82, 2.24) is 10.3 Å². The molecule has 0 radical (unpaired) electrons. The predicted molar refractivity (Wildman–Crippen MR) is 58.4 cm³/mol. The third kappa shape index (κ3) is 2.33. The van der Waals surface area contributed by atoms with Crippen LogP contribution in [0, 0.1) is 11.8 Å². The highest BCUT2D eigenvalue weighted by atomic mass is 16.1. The number of amides is 1. The minimum Gasteiger partial charge on any atom is -0.326 e. The Labute approximate surface area is 89.1 Å². The molecule has 1 aliphatic heterocycles. The molecule has 2 heterocycles. The molecule has 1 amide bonds. The van der Waals surface area contributed by atoms with Crippen LogP contribution in [-0.4, -0.2) is 24.0 Å². The first-order chi connectivity index (χ1) is 7.27. The fourth-order valence-corrected chi connectivity index (χ4v) is 1.83. The molecule has 2 rings (SSSR count). The standard InChI is InChI=1S/C11H15N3O/c1-8-6-13-7-10(8)11(15)14-9-2-4-12-5-3-9/h2-5,8,10,13H,6-7H2,1H3,(H,12,14,15)/t8-,10-/m1/s1. The van der Waals surface area contributed by atoms with Gasteiger partial charge in [-0.05, 0) is 24.6 Å². The number of nitrogens with zero attached hydrogens (tertiary/aromatic N) is 1. The number of pyridine rings is 1. The van der Waals surface area contributed by atoms with E-state index < -0.39 is 0 Å². The smallest absolute Gasteiger partial charge is 0.229 e. The fourth-order valence-electron chi connectivity index (χ4n) is 1.83. The van der Waals surface area contributed by atoms with Gasteiger partial charge in [0.25, 0.3) is 0 Å². The van der Waals surface area contributed by atoms with Crippen molar-refractivity contribution < 1.29 is 4.79 Å². The summed E-state index contributed by atoms with van der Waals surface area (Å²) >= 11 is 0. The van der Waals surface area contributed by atoms with Crippen molar-refractivity contribution in [3.8, 4) is 0 Å². The Balaban J connectivity index is 1.98. The third-order valence-corrected chi connectivity index (χ3v) is 2.80. The maximum Gasteiger partial charge on any atom is 0.229 e. The van der Waals surface area contributed by atoms with Crippen molar-refractivity contribution >= 4 is 11.6 Å². The molecule has 1 fully saturated rings. The summed E-state index contributed by atoms with van der Waals surface area (Å²) in [6, 6.07) is 3.59. The molecule has 2 N–H and O–H groups in total. The summed E-state index contributed by atoms with van der Waals surface area (Å²) in [6.45, 7) is 3.79. The molecule has 4 heteroatoms. The van der Waals surface area contributed by atoms with Gasteiger partial charge in [-0.15, -0.1) is 0 Å². The first kappa shape index (κ1) is 10.1. The fraction of sp³-hybridized carbons (Fsp3) is 0.455. The number of hydrogen-bond acceptors (Lipinski definition) is 3. The van der Waals surface area contributed by atoms with Gasteiger partial charge in [0.1, 0.15) is 0 Å². The van der Waals surface area contributed by atoms with Gasteiger partial charge in [0, 0.05) is 24.6 Å². The van der Waals surface area contributed by atoms with E-state index in [2.05, 4.69) is 22.5 Å². The summed E-state index contributed by atoms with van der Waals surface area (Å²) in [4.78, 5) is 15.8. The van der Waals surface area contributed by atoms with Crippen molar-refractivity contribution in [2.24, 2.45) is 11.8 Å². The second kappa shape index (κ2) is 4.40. The molecular formula is C11H15N3O. The lowest BCUT2D eigenvalue weighted by Gasteiger charge is -2.13. The van der Waals surface area contributed by atoms with E-state index in [-0.39, 0.29) is 11.8 Å². The number of nitrogens with one attached hydrogen (secondary N) is 2. The minimum absolute atomic E-state index is 0.0816. The number of rotatable bonds is 2. The van der Waals surface area contributed by atoms with Gasteiger partial charge >= 0.3 is 0 Å². The molecule has 0 bridgehead atoms. The van der Waals surface area contributed by atoms with Gasteiger partial charge in [-0.3, -0.25) is 9.78 Å². The van der Waals surface area contributed by atoms with Crippen molar-refractivity contribution in [3.05, 3.63) is 24.5 Å². The number of aromatic nitrogens is 1. The summed E-state index contributed by atoms with van der Waals surface area (Å²) in [5.41, 5.74) is 0.814. The zero-order valence-electron chi connectivity index (χ0n) is 8.73. The molecule has 0 unspecified atom stereocenters. The highest BCUT2D eigenvalue weighted by molar-refractivity contribution is 5.93. The van der Waals surface area contributed by atoms with E-state index in [1.54, 1.807) is 24.5 Å². The van der Waals surface area contributed by atoms with Crippen LogP contribution < -0.4 is 10.6 Å². The molecule has 0 saturated carbocycles. The first-order valence-corrected chi connectivity index (χ1v) is 5.19. The quantitative estimate of drug-likeness (QED) is 0.753. The van der Waals surface area contributed by atoms with Crippen LogP contribution in [0.5, 0.6) is 0 Å². The van der Waals surface area contributed by atoms with Crippen LogP contribution in [-0.2, 0) is 4.79 Å². The zero-order chi connectivity index (χ0) is 10.7. The SMILES string of the molecule is C[C@@H]1CNC[C@H]1C(=O)Nc1ccncc1. The van der Waals surface area contributed by atoms with E-state index in [1.807, 2.05) is 0 Å². The zero-order valence-corrected chi connectivity index (χ0v) is 8.73. The average molecular weight is 205 g/mol. The Kier molecular flexibility index (Phi) is 2.97. The Morgan fingerprint density at radius 3 is 2.80 bits per heavy atom. The number of hydrogen-bond donors (Lipinski definition) is 2. The molecule has 15 heavy (non-hydrogen) atoms.